The highest BCUT2D eigenvalue weighted by atomic mass is 16.2. The fraction of sp³-hybridized carbons (Fsp3) is 0.560. The van der Waals surface area contributed by atoms with Crippen LogP contribution in [0.5, 0.6) is 0 Å². The van der Waals surface area contributed by atoms with E-state index < -0.39 is 6.29 Å². The average Bonchev–Trinajstić information content (AvgIpc) is 3.59. The lowest BCUT2D eigenvalue weighted by Gasteiger charge is -2.32. The Labute approximate surface area is 189 Å². The van der Waals surface area contributed by atoms with Crippen molar-refractivity contribution in [2.24, 2.45) is 5.92 Å². The third-order valence-electron chi connectivity index (χ3n) is 7.01. The first-order valence-corrected chi connectivity index (χ1v) is 12.2. The number of nitrogens with one attached hydrogen (secondary N) is 3. The minimum atomic E-state index is -0.498. The van der Waals surface area contributed by atoms with Gasteiger partial charge in [0, 0.05) is 30.9 Å². The Balaban J connectivity index is 1.30. The van der Waals surface area contributed by atoms with Gasteiger partial charge in [-0.1, -0.05) is 62.4 Å². The number of benzene rings is 1. The van der Waals surface area contributed by atoms with Crippen molar-refractivity contribution in [3.05, 3.63) is 47.7 Å². The van der Waals surface area contributed by atoms with Gasteiger partial charge in [-0.05, 0) is 30.7 Å². The van der Waals surface area contributed by atoms with E-state index in [1.54, 1.807) is 4.68 Å². The van der Waals surface area contributed by atoms with Crippen LogP contribution in [0.15, 0.2) is 36.4 Å². The Morgan fingerprint density at radius 1 is 1.09 bits per heavy atom. The van der Waals surface area contributed by atoms with Crippen LogP contribution in [-0.4, -0.2) is 21.6 Å². The van der Waals surface area contributed by atoms with E-state index in [0.717, 1.165) is 30.5 Å². The zero-order valence-corrected chi connectivity index (χ0v) is 18.6. The molecule has 1 aromatic heterocycles. The number of anilines is 1. The minimum Gasteiger partial charge on any atom is -0.322 e. The molecule has 2 atom stereocenters. The van der Waals surface area contributed by atoms with Gasteiger partial charge in [-0.2, -0.15) is 5.10 Å². The van der Waals surface area contributed by atoms with E-state index in [1.807, 2.05) is 36.4 Å². The number of amides is 2. The summed E-state index contributed by atoms with van der Waals surface area (Å²) in [7, 11) is 0. The highest BCUT2D eigenvalue weighted by Gasteiger charge is 2.33. The molecule has 170 valence electrons. The van der Waals surface area contributed by atoms with Gasteiger partial charge in [-0.3, -0.25) is 14.9 Å². The standard InChI is InChI=1S/C25H33N5O2/c31-23(14-11-17-7-3-1-4-8-17)27-22-15-21(19-12-13-19)29-30(22)25-26-20(16-24(32)28-25)18-9-5-2-6-10-18/h2,5-6,9-10,15,17,19-20,25-26H,1,3-4,7-8,11-14,16H2,(H,27,31)(H,28,32). The first-order chi connectivity index (χ1) is 15.7. The van der Waals surface area contributed by atoms with Gasteiger partial charge >= 0.3 is 0 Å². The average molecular weight is 436 g/mol. The van der Waals surface area contributed by atoms with Gasteiger partial charge in [0.25, 0.3) is 0 Å². The molecule has 2 heterocycles. The Bertz CT molecular complexity index is 946. The molecular weight excluding hydrogens is 402 g/mol. The largest absolute Gasteiger partial charge is 0.322 e. The van der Waals surface area contributed by atoms with Crippen molar-refractivity contribution in [2.75, 3.05) is 5.32 Å². The molecule has 5 rings (SSSR count). The minimum absolute atomic E-state index is 0.0272. The molecule has 7 heteroatoms. The van der Waals surface area contributed by atoms with E-state index in [2.05, 4.69) is 16.0 Å². The van der Waals surface area contributed by atoms with Crippen molar-refractivity contribution in [2.45, 2.75) is 82.5 Å². The lowest BCUT2D eigenvalue weighted by atomic mass is 9.86. The molecule has 0 spiro atoms. The molecule has 3 N–H and O–H groups in total. The number of carbonyl (C=O) groups is 2. The SMILES string of the molecule is O=C(CCC1CCCCC1)Nc1cc(C2CC2)nn1C1NC(=O)CC(c2ccccc2)N1. The molecule has 0 radical (unpaired) electrons. The quantitative estimate of drug-likeness (QED) is 0.603. The van der Waals surface area contributed by atoms with Crippen LogP contribution in [0.25, 0.3) is 0 Å². The van der Waals surface area contributed by atoms with E-state index >= 15 is 0 Å². The van der Waals surface area contributed by atoms with Gasteiger partial charge in [0.15, 0.2) is 6.29 Å². The van der Waals surface area contributed by atoms with Crippen LogP contribution in [-0.2, 0) is 9.59 Å². The van der Waals surface area contributed by atoms with Crippen LogP contribution < -0.4 is 16.0 Å². The summed E-state index contributed by atoms with van der Waals surface area (Å²) in [6.45, 7) is 0. The van der Waals surface area contributed by atoms with Crippen LogP contribution in [0.2, 0.25) is 0 Å². The third kappa shape index (κ3) is 5.04. The summed E-state index contributed by atoms with van der Waals surface area (Å²) in [5, 5.41) is 14.4. The zero-order valence-electron chi connectivity index (χ0n) is 18.6. The predicted octanol–water partition coefficient (Wildman–Crippen LogP) is 4.37. The summed E-state index contributed by atoms with van der Waals surface area (Å²) < 4.78 is 1.75. The number of carbonyl (C=O) groups excluding carboxylic acids is 2. The lowest BCUT2D eigenvalue weighted by molar-refractivity contribution is -0.125. The summed E-state index contributed by atoms with van der Waals surface area (Å²) in [5.41, 5.74) is 2.06. The maximum absolute atomic E-state index is 12.8. The second-order valence-corrected chi connectivity index (χ2v) is 9.57. The van der Waals surface area contributed by atoms with Crippen molar-refractivity contribution in [1.82, 2.24) is 20.4 Å². The number of hydrogen-bond donors (Lipinski definition) is 3. The molecule has 2 aliphatic carbocycles. The number of aromatic nitrogens is 2. The molecule has 3 fully saturated rings. The first-order valence-electron chi connectivity index (χ1n) is 12.2. The molecule has 0 bridgehead atoms. The van der Waals surface area contributed by atoms with E-state index in [-0.39, 0.29) is 17.9 Å². The number of hydrogen-bond acceptors (Lipinski definition) is 4. The van der Waals surface area contributed by atoms with Crippen molar-refractivity contribution < 1.29 is 9.59 Å². The molecule has 2 aromatic rings. The van der Waals surface area contributed by atoms with Crippen molar-refractivity contribution >= 4 is 17.6 Å². The van der Waals surface area contributed by atoms with E-state index in [0.29, 0.717) is 30.5 Å². The Hall–Kier alpha value is -2.67. The molecule has 2 amide bonds. The summed E-state index contributed by atoms with van der Waals surface area (Å²) in [6.07, 6.45) is 10.0. The second-order valence-electron chi connectivity index (χ2n) is 9.57. The fourth-order valence-corrected chi connectivity index (χ4v) is 5.02. The van der Waals surface area contributed by atoms with Crippen LogP contribution in [0.3, 0.4) is 0 Å². The first kappa shape index (κ1) is 21.2. The highest BCUT2D eigenvalue weighted by molar-refractivity contribution is 5.90. The van der Waals surface area contributed by atoms with Gasteiger partial charge in [0.05, 0.1) is 5.69 Å². The van der Waals surface area contributed by atoms with Crippen LogP contribution >= 0.6 is 0 Å². The van der Waals surface area contributed by atoms with Crippen LogP contribution in [0.4, 0.5) is 5.82 Å². The molecular formula is C25H33N5O2. The van der Waals surface area contributed by atoms with E-state index in [1.165, 1.54) is 32.1 Å². The maximum atomic E-state index is 12.8. The third-order valence-corrected chi connectivity index (χ3v) is 7.01. The Morgan fingerprint density at radius 2 is 1.88 bits per heavy atom. The van der Waals surface area contributed by atoms with E-state index in [9.17, 15) is 9.59 Å². The molecule has 2 saturated carbocycles. The van der Waals surface area contributed by atoms with Gasteiger partial charge in [0.2, 0.25) is 11.8 Å². The fourth-order valence-electron chi connectivity index (χ4n) is 5.02. The van der Waals surface area contributed by atoms with Gasteiger partial charge in [-0.15, -0.1) is 0 Å². The maximum Gasteiger partial charge on any atom is 0.225 e. The normalized spacial score (nSPS) is 24.2. The Morgan fingerprint density at radius 3 is 2.62 bits per heavy atom. The van der Waals surface area contributed by atoms with Gasteiger partial charge in [-0.25, -0.2) is 4.68 Å². The summed E-state index contributed by atoms with van der Waals surface area (Å²) in [4.78, 5) is 25.3. The zero-order chi connectivity index (χ0) is 21.9. The second kappa shape index (κ2) is 9.45. The van der Waals surface area contributed by atoms with Crippen molar-refractivity contribution in [3.8, 4) is 0 Å². The molecule has 32 heavy (non-hydrogen) atoms. The number of nitrogens with zero attached hydrogens (tertiary/aromatic N) is 2. The number of rotatable bonds is 7. The smallest absolute Gasteiger partial charge is 0.225 e. The highest BCUT2D eigenvalue weighted by Crippen LogP contribution is 2.40. The van der Waals surface area contributed by atoms with Gasteiger partial charge < -0.3 is 10.6 Å². The molecule has 3 aliphatic rings. The van der Waals surface area contributed by atoms with Crippen LogP contribution in [0.1, 0.15) is 93.7 Å². The molecule has 7 nitrogen and oxygen atoms in total. The van der Waals surface area contributed by atoms with Gasteiger partial charge in [0.1, 0.15) is 5.82 Å². The summed E-state index contributed by atoms with van der Waals surface area (Å²) in [6, 6.07) is 11.9. The predicted molar refractivity (Wildman–Crippen MR) is 123 cm³/mol. The summed E-state index contributed by atoms with van der Waals surface area (Å²) >= 11 is 0. The molecule has 2 unspecified atom stereocenters. The lowest BCUT2D eigenvalue weighted by Crippen LogP contribution is -2.50. The molecule has 1 saturated heterocycles. The van der Waals surface area contributed by atoms with Crippen molar-refractivity contribution in [3.63, 3.8) is 0 Å². The van der Waals surface area contributed by atoms with E-state index in [4.69, 9.17) is 5.10 Å². The molecule has 1 aromatic carbocycles. The van der Waals surface area contributed by atoms with Crippen LogP contribution in [0, 0.1) is 5.92 Å². The Kier molecular flexibility index (Phi) is 6.26. The van der Waals surface area contributed by atoms with Crippen molar-refractivity contribution in [1.29, 1.82) is 0 Å². The molecule has 1 aliphatic heterocycles. The topological polar surface area (TPSA) is 88.1 Å². The summed E-state index contributed by atoms with van der Waals surface area (Å²) in [5.74, 6) is 1.79. The monoisotopic (exact) mass is 435 g/mol.